The zero-order valence-electron chi connectivity index (χ0n) is 16.6. The van der Waals surface area contributed by atoms with E-state index in [1.807, 2.05) is 48.5 Å². The van der Waals surface area contributed by atoms with Crippen LogP contribution in [0.25, 0.3) is 11.4 Å². The first-order chi connectivity index (χ1) is 14.7. The summed E-state index contributed by atoms with van der Waals surface area (Å²) in [5.74, 6) is 2.85. The lowest BCUT2D eigenvalue weighted by Gasteiger charge is -2.19. The second-order valence-electron chi connectivity index (χ2n) is 6.89. The molecule has 1 unspecified atom stereocenters. The van der Waals surface area contributed by atoms with Crippen molar-refractivity contribution in [1.82, 2.24) is 14.8 Å². The Morgan fingerprint density at radius 1 is 0.867 bits per heavy atom. The molecule has 0 aliphatic carbocycles. The van der Waals surface area contributed by atoms with Crippen molar-refractivity contribution in [1.29, 1.82) is 0 Å². The summed E-state index contributed by atoms with van der Waals surface area (Å²) in [5.41, 5.74) is 2.83. The third kappa shape index (κ3) is 4.19. The molecule has 5 nitrogen and oxygen atoms in total. The van der Waals surface area contributed by atoms with Gasteiger partial charge in [-0.05, 0) is 41.6 Å². The fourth-order valence-corrected chi connectivity index (χ4v) is 4.47. The highest BCUT2D eigenvalue weighted by Crippen LogP contribution is 2.40. The maximum Gasteiger partial charge on any atom is 0.164 e. The van der Waals surface area contributed by atoms with Crippen LogP contribution in [0.1, 0.15) is 29.1 Å². The zero-order valence-corrected chi connectivity index (χ0v) is 17.5. The molecule has 6 heteroatoms. The predicted molar refractivity (Wildman–Crippen MR) is 121 cm³/mol. The van der Waals surface area contributed by atoms with Crippen LogP contribution in [0.4, 0.5) is 0 Å². The molecule has 1 heterocycles. The third-order valence-electron chi connectivity index (χ3n) is 4.88. The van der Waals surface area contributed by atoms with Gasteiger partial charge in [-0.2, -0.15) is 0 Å². The lowest BCUT2D eigenvalue weighted by Crippen LogP contribution is -2.11. The molecule has 152 valence electrons. The molecule has 3 aromatic carbocycles. The fourth-order valence-electron chi connectivity index (χ4n) is 3.43. The number of hydrogen-bond acceptors (Lipinski definition) is 5. The van der Waals surface area contributed by atoms with Crippen LogP contribution in [-0.4, -0.2) is 30.7 Å². The van der Waals surface area contributed by atoms with Crippen LogP contribution in [0, 0.1) is 0 Å². The molecule has 0 spiro atoms. The second-order valence-corrected chi connectivity index (χ2v) is 8.28. The SMILES string of the molecule is CCSC(c1ccccc1O)c1nnc(-c2ccc(O)cc2)n1Cc1ccccc1. The van der Waals surface area contributed by atoms with Gasteiger partial charge in [-0.15, -0.1) is 22.0 Å². The van der Waals surface area contributed by atoms with E-state index in [1.54, 1.807) is 30.0 Å². The molecule has 1 aromatic heterocycles. The van der Waals surface area contributed by atoms with E-state index in [4.69, 9.17) is 0 Å². The van der Waals surface area contributed by atoms with Crippen molar-refractivity contribution < 1.29 is 10.2 Å². The second kappa shape index (κ2) is 9.05. The van der Waals surface area contributed by atoms with E-state index in [0.29, 0.717) is 6.54 Å². The van der Waals surface area contributed by atoms with Crippen LogP contribution >= 0.6 is 11.8 Å². The van der Waals surface area contributed by atoms with Crippen molar-refractivity contribution in [2.45, 2.75) is 18.7 Å². The van der Waals surface area contributed by atoms with Gasteiger partial charge in [0.2, 0.25) is 0 Å². The quantitative estimate of drug-likeness (QED) is 0.430. The summed E-state index contributed by atoms with van der Waals surface area (Å²) < 4.78 is 2.10. The average molecular weight is 418 g/mol. The lowest BCUT2D eigenvalue weighted by atomic mass is 10.1. The Labute approximate surface area is 180 Å². The minimum atomic E-state index is -0.154. The highest BCUT2D eigenvalue weighted by atomic mass is 32.2. The van der Waals surface area contributed by atoms with E-state index >= 15 is 0 Å². The minimum absolute atomic E-state index is 0.154. The number of benzene rings is 3. The number of para-hydroxylation sites is 1. The lowest BCUT2D eigenvalue weighted by molar-refractivity contribution is 0.468. The Morgan fingerprint density at radius 3 is 2.27 bits per heavy atom. The topological polar surface area (TPSA) is 71.2 Å². The van der Waals surface area contributed by atoms with E-state index < -0.39 is 0 Å². The van der Waals surface area contributed by atoms with Gasteiger partial charge in [-0.1, -0.05) is 55.5 Å². The number of phenols is 2. The Morgan fingerprint density at radius 2 is 1.57 bits per heavy atom. The summed E-state index contributed by atoms with van der Waals surface area (Å²) in [5, 5.41) is 29.1. The van der Waals surface area contributed by atoms with Crippen LogP contribution in [0.15, 0.2) is 78.9 Å². The van der Waals surface area contributed by atoms with Gasteiger partial charge in [0.1, 0.15) is 11.5 Å². The van der Waals surface area contributed by atoms with Crippen molar-refractivity contribution in [3.05, 3.63) is 95.8 Å². The molecular weight excluding hydrogens is 394 g/mol. The van der Waals surface area contributed by atoms with Crippen LogP contribution in [-0.2, 0) is 6.54 Å². The Hall–Kier alpha value is -3.25. The van der Waals surface area contributed by atoms with Gasteiger partial charge in [0.25, 0.3) is 0 Å². The van der Waals surface area contributed by atoms with Crippen molar-refractivity contribution in [3.8, 4) is 22.9 Å². The summed E-state index contributed by atoms with van der Waals surface area (Å²) in [6.07, 6.45) is 0. The van der Waals surface area contributed by atoms with Gasteiger partial charge >= 0.3 is 0 Å². The standard InChI is InChI=1S/C24H23N3O2S/c1-2-30-22(20-10-6-7-11-21(20)29)24-26-25-23(18-12-14-19(28)15-13-18)27(24)16-17-8-4-3-5-9-17/h3-15,22,28-29H,2,16H2,1H3. The summed E-state index contributed by atoms with van der Waals surface area (Å²) in [4.78, 5) is 0. The summed E-state index contributed by atoms with van der Waals surface area (Å²) in [7, 11) is 0. The molecule has 0 saturated carbocycles. The number of aromatic nitrogens is 3. The van der Waals surface area contributed by atoms with Gasteiger partial charge in [0.05, 0.1) is 11.8 Å². The molecule has 0 radical (unpaired) electrons. The zero-order chi connectivity index (χ0) is 20.9. The van der Waals surface area contributed by atoms with Gasteiger partial charge in [0, 0.05) is 11.1 Å². The minimum Gasteiger partial charge on any atom is -0.508 e. The van der Waals surface area contributed by atoms with Crippen molar-refractivity contribution in [2.24, 2.45) is 0 Å². The molecule has 0 amide bonds. The smallest absolute Gasteiger partial charge is 0.164 e. The van der Waals surface area contributed by atoms with E-state index in [-0.39, 0.29) is 16.7 Å². The molecular formula is C24H23N3O2S. The first-order valence-corrected chi connectivity index (χ1v) is 10.9. The predicted octanol–water partition coefficient (Wildman–Crippen LogP) is 5.25. The summed E-state index contributed by atoms with van der Waals surface area (Å²) >= 11 is 1.71. The third-order valence-corrected chi connectivity index (χ3v) is 6.01. The summed E-state index contributed by atoms with van der Waals surface area (Å²) in [6, 6.07) is 24.5. The number of rotatable bonds is 7. The summed E-state index contributed by atoms with van der Waals surface area (Å²) in [6.45, 7) is 2.70. The maximum absolute atomic E-state index is 10.5. The largest absolute Gasteiger partial charge is 0.508 e. The van der Waals surface area contributed by atoms with Crippen molar-refractivity contribution in [2.75, 3.05) is 5.75 Å². The number of phenolic OH excluding ortho intramolecular Hbond substituents is 2. The first kappa shape index (κ1) is 20.0. The number of thioether (sulfide) groups is 1. The highest BCUT2D eigenvalue weighted by Gasteiger charge is 2.25. The molecule has 4 aromatic rings. The van der Waals surface area contributed by atoms with E-state index in [2.05, 4.69) is 33.8 Å². The normalized spacial score (nSPS) is 12.0. The molecule has 0 fully saturated rings. The highest BCUT2D eigenvalue weighted by molar-refractivity contribution is 7.99. The van der Waals surface area contributed by atoms with Gasteiger partial charge in [-0.3, -0.25) is 0 Å². The molecule has 2 N–H and O–H groups in total. The number of hydrogen-bond donors (Lipinski definition) is 2. The van der Waals surface area contributed by atoms with Crippen molar-refractivity contribution >= 4 is 11.8 Å². The monoisotopic (exact) mass is 417 g/mol. The molecule has 4 rings (SSSR count). The van der Waals surface area contributed by atoms with Gasteiger partial charge in [-0.25, -0.2) is 0 Å². The van der Waals surface area contributed by atoms with Gasteiger partial charge < -0.3 is 14.8 Å². The molecule has 0 aliphatic rings. The Balaban J connectivity index is 1.85. The Kier molecular flexibility index (Phi) is 6.05. The maximum atomic E-state index is 10.5. The molecule has 0 bridgehead atoms. The molecule has 1 atom stereocenters. The Bertz CT molecular complexity index is 1110. The van der Waals surface area contributed by atoms with Crippen LogP contribution in [0.5, 0.6) is 11.5 Å². The van der Waals surface area contributed by atoms with Crippen LogP contribution in [0.3, 0.4) is 0 Å². The van der Waals surface area contributed by atoms with Crippen LogP contribution < -0.4 is 0 Å². The van der Waals surface area contributed by atoms with E-state index in [9.17, 15) is 10.2 Å². The number of aromatic hydroxyl groups is 2. The average Bonchev–Trinajstić information content (AvgIpc) is 3.17. The van der Waals surface area contributed by atoms with Crippen molar-refractivity contribution in [3.63, 3.8) is 0 Å². The first-order valence-electron chi connectivity index (χ1n) is 9.83. The molecule has 0 saturated heterocycles. The van der Waals surface area contributed by atoms with E-state index in [1.165, 1.54) is 0 Å². The molecule has 30 heavy (non-hydrogen) atoms. The van der Waals surface area contributed by atoms with Crippen LogP contribution in [0.2, 0.25) is 0 Å². The molecule has 0 aliphatic heterocycles. The van der Waals surface area contributed by atoms with Gasteiger partial charge in [0.15, 0.2) is 11.6 Å². The van der Waals surface area contributed by atoms with E-state index in [0.717, 1.165) is 34.1 Å². The fraction of sp³-hybridized carbons (Fsp3) is 0.167. The number of nitrogens with zero attached hydrogens (tertiary/aromatic N) is 3.